The average molecular weight is 450 g/mol. The van der Waals surface area contributed by atoms with Crippen molar-refractivity contribution in [3.8, 4) is 17.0 Å². The summed E-state index contributed by atoms with van der Waals surface area (Å²) in [5, 5.41) is 6.09. The molecule has 2 heterocycles. The molecule has 2 N–H and O–H groups in total. The molecule has 32 heavy (non-hydrogen) atoms. The van der Waals surface area contributed by atoms with Gasteiger partial charge in [-0.2, -0.15) is 0 Å². The SMILES string of the molecule is O=C(COc1ccc(Cl)cc1)Nc1ccc(F)c(Nc2nccc(-c3cccnc3)n2)c1. The molecule has 0 aliphatic rings. The second-order valence-electron chi connectivity index (χ2n) is 6.62. The van der Waals surface area contributed by atoms with Crippen LogP contribution in [-0.2, 0) is 4.79 Å². The topological polar surface area (TPSA) is 89.0 Å². The Bertz CT molecular complexity index is 1220. The lowest BCUT2D eigenvalue weighted by atomic mass is 10.2. The van der Waals surface area contributed by atoms with E-state index < -0.39 is 11.7 Å². The summed E-state index contributed by atoms with van der Waals surface area (Å²) in [4.78, 5) is 24.8. The number of rotatable bonds is 7. The number of carbonyl (C=O) groups is 1. The Morgan fingerprint density at radius 3 is 2.69 bits per heavy atom. The number of halogens is 2. The van der Waals surface area contributed by atoms with Crippen molar-refractivity contribution in [1.82, 2.24) is 15.0 Å². The first kappa shape index (κ1) is 21.2. The maximum atomic E-state index is 14.3. The minimum Gasteiger partial charge on any atom is -0.484 e. The zero-order valence-corrected chi connectivity index (χ0v) is 17.4. The number of amides is 1. The van der Waals surface area contributed by atoms with Crippen LogP contribution in [0.4, 0.5) is 21.7 Å². The highest BCUT2D eigenvalue weighted by Gasteiger charge is 2.10. The minimum absolute atomic E-state index is 0.116. The summed E-state index contributed by atoms with van der Waals surface area (Å²) >= 11 is 5.82. The number of carbonyl (C=O) groups excluding carboxylic acids is 1. The van der Waals surface area contributed by atoms with E-state index in [4.69, 9.17) is 16.3 Å². The molecule has 0 saturated carbocycles. The standard InChI is InChI=1S/C23H17ClFN5O2/c24-16-3-6-18(7-4-16)32-14-22(31)28-17-5-8-19(25)21(12-17)30-23-27-11-9-20(29-23)15-2-1-10-26-13-15/h1-13H,14H2,(H,28,31)(H,27,29,30). The first-order valence-corrected chi connectivity index (χ1v) is 9.93. The summed E-state index contributed by atoms with van der Waals surface area (Å²) < 4.78 is 19.8. The lowest BCUT2D eigenvalue weighted by Crippen LogP contribution is -2.20. The maximum absolute atomic E-state index is 14.3. The van der Waals surface area contributed by atoms with Crippen molar-refractivity contribution in [2.75, 3.05) is 17.2 Å². The van der Waals surface area contributed by atoms with Crippen molar-refractivity contribution >= 4 is 34.8 Å². The maximum Gasteiger partial charge on any atom is 0.262 e. The molecule has 0 bridgehead atoms. The molecule has 0 spiro atoms. The first-order valence-electron chi connectivity index (χ1n) is 9.55. The molecule has 0 aliphatic heterocycles. The van der Waals surface area contributed by atoms with Crippen LogP contribution >= 0.6 is 11.6 Å². The molecule has 0 radical (unpaired) electrons. The summed E-state index contributed by atoms with van der Waals surface area (Å²) in [7, 11) is 0. The van der Waals surface area contributed by atoms with E-state index in [1.54, 1.807) is 55.0 Å². The van der Waals surface area contributed by atoms with Gasteiger partial charge in [-0.3, -0.25) is 9.78 Å². The monoisotopic (exact) mass is 449 g/mol. The molecule has 0 atom stereocenters. The van der Waals surface area contributed by atoms with Crippen molar-refractivity contribution in [1.29, 1.82) is 0 Å². The van der Waals surface area contributed by atoms with Gasteiger partial charge < -0.3 is 15.4 Å². The average Bonchev–Trinajstić information content (AvgIpc) is 2.82. The number of pyridine rings is 1. The Morgan fingerprint density at radius 2 is 1.91 bits per heavy atom. The zero-order chi connectivity index (χ0) is 22.3. The van der Waals surface area contributed by atoms with E-state index in [9.17, 15) is 9.18 Å². The van der Waals surface area contributed by atoms with E-state index in [-0.39, 0.29) is 18.2 Å². The highest BCUT2D eigenvalue weighted by atomic mass is 35.5. The number of nitrogens with zero attached hydrogens (tertiary/aromatic N) is 3. The van der Waals surface area contributed by atoms with Crippen molar-refractivity contribution in [3.63, 3.8) is 0 Å². The van der Waals surface area contributed by atoms with Crippen LogP contribution in [-0.4, -0.2) is 27.5 Å². The highest BCUT2D eigenvalue weighted by Crippen LogP contribution is 2.24. The molecular formula is C23H17ClFN5O2. The van der Waals surface area contributed by atoms with Crippen molar-refractivity contribution < 1.29 is 13.9 Å². The van der Waals surface area contributed by atoms with Crippen molar-refractivity contribution in [3.05, 3.63) is 90.1 Å². The van der Waals surface area contributed by atoms with Gasteiger partial charge in [-0.05, 0) is 60.7 Å². The van der Waals surface area contributed by atoms with Crippen LogP contribution < -0.4 is 15.4 Å². The molecule has 2 aromatic heterocycles. The molecular weight excluding hydrogens is 433 g/mol. The number of hydrogen-bond donors (Lipinski definition) is 2. The third-order valence-electron chi connectivity index (χ3n) is 4.29. The van der Waals surface area contributed by atoms with Crippen LogP contribution in [0.25, 0.3) is 11.3 Å². The van der Waals surface area contributed by atoms with Crippen LogP contribution in [0, 0.1) is 5.82 Å². The van der Waals surface area contributed by atoms with Gasteiger partial charge in [-0.15, -0.1) is 0 Å². The molecule has 7 nitrogen and oxygen atoms in total. The van der Waals surface area contributed by atoms with E-state index in [2.05, 4.69) is 25.6 Å². The van der Waals surface area contributed by atoms with E-state index >= 15 is 0 Å². The Kier molecular flexibility index (Phi) is 6.52. The van der Waals surface area contributed by atoms with Crippen molar-refractivity contribution in [2.45, 2.75) is 0 Å². The van der Waals surface area contributed by atoms with E-state index in [0.717, 1.165) is 5.56 Å². The predicted molar refractivity (Wildman–Crippen MR) is 121 cm³/mol. The summed E-state index contributed by atoms with van der Waals surface area (Å²) in [6.07, 6.45) is 4.91. The lowest BCUT2D eigenvalue weighted by Gasteiger charge is -2.11. The van der Waals surface area contributed by atoms with Crippen LogP contribution in [0.2, 0.25) is 5.02 Å². The molecule has 2 aromatic carbocycles. The summed E-state index contributed by atoms with van der Waals surface area (Å²) in [5.74, 6) is -0.195. The Balaban J connectivity index is 1.42. The summed E-state index contributed by atoms with van der Waals surface area (Å²) in [5.41, 5.74) is 1.95. The molecule has 0 fully saturated rings. The number of nitrogens with one attached hydrogen (secondary N) is 2. The normalized spacial score (nSPS) is 10.4. The second-order valence-corrected chi connectivity index (χ2v) is 7.05. The molecule has 0 unspecified atom stereocenters. The molecule has 0 aliphatic carbocycles. The van der Waals surface area contributed by atoms with Crippen molar-refractivity contribution in [2.24, 2.45) is 0 Å². The van der Waals surface area contributed by atoms with Crippen LogP contribution in [0.15, 0.2) is 79.3 Å². The largest absolute Gasteiger partial charge is 0.484 e. The second kappa shape index (κ2) is 9.84. The number of benzene rings is 2. The van der Waals surface area contributed by atoms with Gasteiger partial charge >= 0.3 is 0 Å². The van der Waals surface area contributed by atoms with Gasteiger partial charge in [-0.1, -0.05) is 11.6 Å². The van der Waals surface area contributed by atoms with Gasteiger partial charge in [0.15, 0.2) is 6.61 Å². The molecule has 1 amide bonds. The summed E-state index contributed by atoms with van der Waals surface area (Å²) in [6, 6.07) is 16.2. The molecule has 0 saturated heterocycles. The minimum atomic E-state index is -0.518. The van der Waals surface area contributed by atoms with Crippen LogP contribution in [0.1, 0.15) is 0 Å². The lowest BCUT2D eigenvalue weighted by molar-refractivity contribution is -0.118. The zero-order valence-electron chi connectivity index (χ0n) is 16.6. The Hall–Kier alpha value is -4.04. The molecule has 160 valence electrons. The fraction of sp³-hybridized carbons (Fsp3) is 0.0435. The van der Waals surface area contributed by atoms with E-state index in [1.807, 2.05) is 6.07 Å². The quantitative estimate of drug-likeness (QED) is 0.408. The number of ether oxygens (including phenoxy) is 1. The van der Waals surface area contributed by atoms with Gasteiger partial charge in [0.1, 0.15) is 11.6 Å². The van der Waals surface area contributed by atoms with Gasteiger partial charge in [0.2, 0.25) is 5.95 Å². The molecule has 4 rings (SSSR count). The summed E-state index contributed by atoms with van der Waals surface area (Å²) in [6.45, 7) is -0.210. The smallest absolute Gasteiger partial charge is 0.262 e. The van der Waals surface area contributed by atoms with E-state index in [0.29, 0.717) is 22.2 Å². The number of hydrogen-bond acceptors (Lipinski definition) is 6. The van der Waals surface area contributed by atoms with Gasteiger partial charge in [0.25, 0.3) is 5.91 Å². The number of anilines is 3. The molecule has 9 heteroatoms. The van der Waals surface area contributed by atoms with Crippen LogP contribution in [0.5, 0.6) is 5.75 Å². The highest BCUT2D eigenvalue weighted by molar-refractivity contribution is 6.30. The third-order valence-corrected chi connectivity index (χ3v) is 4.55. The fourth-order valence-electron chi connectivity index (χ4n) is 2.79. The fourth-order valence-corrected chi connectivity index (χ4v) is 2.92. The first-order chi connectivity index (χ1) is 15.6. The third kappa shape index (κ3) is 5.55. The van der Waals surface area contributed by atoms with Gasteiger partial charge in [-0.25, -0.2) is 14.4 Å². The van der Waals surface area contributed by atoms with Gasteiger partial charge in [0, 0.05) is 34.9 Å². The van der Waals surface area contributed by atoms with E-state index in [1.165, 1.54) is 18.2 Å². The Labute approximate surface area is 188 Å². The van der Waals surface area contributed by atoms with Crippen LogP contribution in [0.3, 0.4) is 0 Å². The predicted octanol–water partition coefficient (Wildman–Crippen LogP) is 5.09. The van der Waals surface area contributed by atoms with Gasteiger partial charge in [0.05, 0.1) is 11.4 Å². The Morgan fingerprint density at radius 1 is 1.06 bits per heavy atom. The number of aromatic nitrogens is 3. The molecule has 4 aromatic rings.